The number of amides is 1. The standard InChI is InChI=1S/C7H7N2O2/c8-7(11)6(10)5-3-1-2-4-9-5/h1-4,6H,(H2,8,11). The lowest BCUT2D eigenvalue weighted by atomic mass is 10.2. The van der Waals surface area contributed by atoms with Crippen molar-refractivity contribution in [3.63, 3.8) is 0 Å². The van der Waals surface area contributed by atoms with Crippen molar-refractivity contribution in [3.05, 3.63) is 30.1 Å². The third-order valence-electron chi connectivity index (χ3n) is 1.21. The van der Waals surface area contributed by atoms with E-state index >= 15 is 0 Å². The van der Waals surface area contributed by atoms with Crippen LogP contribution in [0, 0.1) is 0 Å². The molecule has 0 aliphatic carbocycles. The number of nitrogens with two attached hydrogens (primary N) is 1. The zero-order valence-electron chi connectivity index (χ0n) is 5.73. The average Bonchev–Trinajstić information content (AvgIpc) is 2.05. The van der Waals surface area contributed by atoms with E-state index in [0.29, 0.717) is 0 Å². The molecular formula is C7H7N2O2. The molecule has 0 aromatic carbocycles. The molecule has 1 aromatic rings. The van der Waals surface area contributed by atoms with Crippen LogP contribution in [0.3, 0.4) is 0 Å². The number of aromatic nitrogens is 1. The van der Waals surface area contributed by atoms with Crippen LogP contribution in [0.2, 0.25) is 0 Å². The fourth-order valence-electron chi connectivity index (χ4n) is 0.677. The molecule has 0 bridgehead atoms. The van der Waals surface area contributed by atoms with E-state index < -0.39 is 12.0 Å². The number of hydrogen-bond acceptors (Lipinski definition) is 2. The first kappa shape index (κ1) is 7.68. The summed E-state index contributed by atoms with van der Waals surface area (Å²) in [5.41, 5.74) is 4.94. The smallest absolute Gasteiger partial charge is 0.256 e. The molecule has 0 fully saturated rings. The molecule has 1 amide bonds. The van der Waals surface area contributed by atoms with Crippen LogP contribution < -0.4 is 5.73 Å². The second-order valence-electron chi connectivity index (χ2n) is 2.04. The first-order chi connectivity index (χ1) is 5.22. The number of rotatable bonds is 2. The van der Waals surface area contributed by atoms with Crippen LogP contribution in [-0.4, -0.2) is 10.9 Å². The Hall–Kier alpha value is -1.42. The second-order valence-corrected chi connectivity index (χ2v) is 2.04. The third-order valence-corrected chi connectivity index (χ3v) is 1.21. The van der Waals surface area contributed by atoms with Crippen LogP contribution in [0.5, 0.6) is 0 Å². The monoisotopic (exact) mass is 151 g/mol. The minimum Gasteiger partial charge on any atom is -0.367 e. The number of pyridine rings is 1. The summed E-state index contributed by atoms with van der Waals surface area (Å²) in [6.07, 6.45) is -0.0976. The molecule has 1 aromatic heterocycles. The summed E-state index contributed by atoms with van der Waals surface area (Å²) in [5.74, 6) is -0.899. The minimum atomic E-state index is -1.55. The summed E-state index contributed by atoms with van der Waals surface area (Å²) < 4.78 is 0. The maximum Gasteiger partial charge on any atom is 0.256 e. The highest BCUT2D eigenvalue weighted by Gasteiger charge is 2.15. The van der Waals surface area contributed by atoms with Crippen molar-refractivity contribution in [2.75, 3.05) is 0 Å². The third kappa shape index (κ3) is 1.75. The molecule has 1 unspecified atom stereocenters. The van der Waals surface area contributed by atoms with E-state index in [9.17, 15) is 9.90 Å². The highest BCUT2D eigenvalue weighted by atomic mass is 16.3. The van der Waals surface area contributed by atoms with Crippen LogP contribution in [0.25, 0.3) is 0 Å². The molecule has 4 nitrogen and oxygen atoms in total. The molecule has 11 heavy (non-hydrogen) atoms. The van der Waals surface area contributed by atoms with Gasteiger partial charge in [0, 0.05) is 6.20 Å². The lowest BCUT2D eigenvalue weighted by molar-refractivity contribution is -0.129. The van der Waals surface area contributed by atoms with Gasteiger partial charge >= 0.3 is 0 Å². The Morgan fingerprint density at radius 3 is 2.73 bits per heavy atom. The van der Waals surface area contributed by atoms with Crippen molar-refractivity contribution in [3.8, 4) is 0 Å². The Bertz CT molecular complexity index is 248. The van der Waals surface area contributed by atoms with Crippen LogP contribution in [0.1, 0.15) is 11.8 Å². The molecule has 1 rings (SSSR count). The summed E-state index contributed by atoms with van der Waals surface area (Å²) in [4.78, 5) is 14.1. The van der Waals surface area contributed by atoms with Gasteiger partial charge in [0.2, 0.25) is 6.10 Å². The molecule has 0 saturated heterocycles. The molecule has 0 aliphatic heterocycles. The molecule has 4 heteroatoms. The topological polar surface area (TPSA) is 75.9 Å². The van der Waals surface area contributed by atoms with Crippen molar-refractivity contribution in [1.29, 1.82) is 0 Å². The minimum absolute atomic E-state index is 0.167. The van der Waals surface area contributed by atoms with E-state index in [4.69, 9.17) is 5.73 Å². The number of primary amides is 1. The summed E-state index contributed by atoms with van der Waals surface area (Å²) in [6.45, 7) is 0. The first-order valence-corrected chi connectivity index (χ1v) is 3.08. The lowest BCUT2D eigenvalue weighted by Gasteiger charge is -2.00. The van der Waals surface area contributed by atoms with Crippen LogP contribution in [-0.2, 0) is 9.90 Å². The Balaban J connectivity index is 2.85. The van der Waals surface area contributed by atoms with E-state index in [-0.39, 0.29) is 5.69 Å². The predicted octanol–water partition coefficient (Wildman–Crippen LogP) is 0.0385. The van der Waals surface area contributed by atoms with Crippen molar-refractivity contribution in [2.24, 2.45) is 5.73 Å². The van der Waals surface area contributed by atoms with Gasteiger partial charge in [-0.1, -0.05) is 6.07 Å². The maximum atomic E-state index is 10.9. The number of carbonyl (C=O) groups excluding carboxylic acids is 1. The van der Waals surface area contributed by atoms with Crippen molar-refractivity contribution in [1.82, 2.24) is 4.98 Å². The van der Waals surface area contributed by atoms with Gasteiger partial charge in [-0.05, 0) is 12.1 Å². The summed E-state index contributed by atoms with van der Waals surface area (Å²) >= 11 is 0. The Morgan fingerprint density at radius 1 is 1.55 bits per heavy atom. The summed E-state index contributed by atoms with van der Waals surface area (Å²) in [5, 5.41) is 10.9. The zero-order valence-corrected chi connectivity index (χ0v) is 5.73. The molecule has 2 N–H and O–H groups in total. The van der Waals surface area contributed by atoms with Gasteiger partial charge < -0.3 is 5.73 Å². The van der Waals surface area contributed by atoms with Gasteiger partial charge in [-0.3, -0.25) is 9.78 Å². The van der Waals surface area contributed by atoms with Gasteiger partial charge in [0.05, 0.1) is 5.69 Å². The van der Waals surface area contributed by atoms with E-state index in [1.807, 2.05) is 0 Å². The van der Waals surface area contributed by atoms with Crippen LogP contribution >= 0.6 is 0 Å². The van der Waals surface area contributed by atoms with Crippen molar-refractivity contribution < 1.29 is 9.90 Å². The predicted molar refractivity (Wildman–Crippen MR) is 36.9 cm³/mol. The number of nitrogens with zero attached hydrogens (tertiary/aromatic N) is 1. The van der Waals surface area contributed by atoms with Gasteiger partial charge in [-0.15, -0.1) is 0 Å². The van der Waals surface area contributed by atoms with Crippen molar-refractivity contribution in [2.45, 2.75) is 6.10 Å². The van der Waals surface area contributed by atoms with Gasteiger partial charge in [0.1, 0.15) is 0 Å². The lowest BCUT2D eigenvalue weighted by Crippen LogP contribution is -2.20. The van der Waals surface area contributed by atoms with Gasteiger partial charge in [-0.2, -0.15) is 0 Å². The molecule has 1 heterocycles. The van der Waals surface area contributed by atoms with Crippen LogP contribution in [0.4, 0.5) is 0 Å². The molecule has 0 saturated carbocycles. The van der Waals surface area contributed by atoms with Gasteiger partial charge in [0.15, 0.2) is 0 Å². The summed E-state index contributed by atoms with van der Waals surface area (Å²) in [6, 6.07) is 4.77. The molecular weight excluding hydrogens is 144 g/mol. The molecule has 0 spiro atoms. The maximum absolute atomic E-state index is 10.9. The number of hydrogen-bond donors (Lipinski definition) is 1. The molecule has 0 aliphatic rings. The molecule has 57 valence electrons. The van der Waals surface area contributed by atoms with Crippen LogP contribution in [0.15, 0.2) is 24.4 Å². The zero-order chi connectivity index (χ0) is 8.27. The largest absolute Gasteiger partial charge is 0.367 e. The Morgan fingerprint density at radius 2 is 2.27 bits per heavy atom. The highest BCUT2D eigenvalue weighted by molar-refractivity contribution is 5.79. The van der Waals surface area contributed by atoms with Crippen molar-refractivity contribution >= 4 is 5.91 Å². The Kier molecular flexibility index (Phi) is 2.18. The molecule has 1 atom stereocenters. The summed E-state index contributed by atoms with van der Waals surface area (Å²) in [7, 11) is 0. The Labute approximate surface area is 63.7 Å². The fourth-order valence-corrected chi connectivity index (χ4v) is 0.677. The quantitative estimate of drug-likeness (QED) is 0.647. The number of carbonyl (C=O) groups is 1. The van der Waals surface area contributed by atoms with E-state index in [1.54, 1.807) is 12.1 Å². The SMILES string of the molecule is NC(=O)C([O])c1ccccn1. The highest BCUT2D eigenvalue weighted by Crippen LogP contribution is 2.07. The first-order valence-electron chi connectivity index (χ1n) is 3.08. The van der Waals surface area contributed by atoms with Gasteiger partial charge in [0.25, 0.3) is 5.91 Å². The fraction of sp³-hybridized carbons (Fsp3) is 0.143. The van der Waals surface area contributed by atoms with E-state index in [0.717, 1.165) is 0 Å². The average molecular weight is 151 g/mol. The van der Waals surface area contributed by atoms with E-state index in [1.165, 1.54) is 12.3 Å². The normalized spacial score (nSPS) is 12.5. The second kappa shape index (κ2) is 3.12. The molecule has 1 radical (unpaired) electrons. The van der Waals surface area contributed by atoms with E-state index in [2.05, 4.69) is 4.98 Å². The van der Waals surface area contributed by atoms with Gasteiger partial charge in [-0.25, -0.2) is 5.11 Å².